The van der Waals surface area contributed by atoms with E-state index in [1.807, 2.05) is 12.4 Å². The topological polar surface area (TPSA) is 34.2 Å². The van der Waals surface area contributed by atoms with Gasteiger partial charge in [-0.3, -0.25) is 4.98 Å². The monoisotopic (exact) mass is 248 g/mol. The van der Waals surface area contributed by atoms with Crippen LogP contribution in [-0.4, -0.2) is 23.7 Å². The van der Waals surface area contributed by atoms with Crippen molar-refractivity contribution in [3.8, 4) is 0 Å². The summed E-state index contributed by atoms with van der Waals surface area (Å²) in [7, 11) is 0. The number of likely N-dealkylation sites (N-methyl/N-ethyl adjacent to an activating group) is 1. The minimum Gasteiger partial charge on any atom is -0.373 e. The van der Waals surface area contributed by atoms with Gasteiger partial charge in [0.15, 0.2) is 0 Å². The Kier molecular flexibility index (Phi) is 4.36. The van der Waals surface area contributed by atoms with Crippen molar-refractivity contribution < 1.29 is 4.74 Å². The van der Waals surface area contributed by atoms with E-state index < -0.39 is 0 Å². The lowest BCUT2D eigenvalue weighted by atomic mass is 9.83. The number of aryl methyl sites for hydroxylation is 1. The summed E-state index contributed by atoms with van der Waals surface area (Å²) in [6, 6.07) is 2.31. The van der Waals surface area contributed by atoms with Gasteiger partial charge in [0.05, 0.1) is 11.6 Å². The molecule has 0 radical (unpaired) electrons. The highest BCUT2D eigenvalue weighted by Crippen LogP contribution is 2.37. The van der Waals surface area contributed by atoms with Crippen LogP contribution >= 0.6 is 0 Å². The Labute approximate surface area is 110 Å². The van der Waals surface area contributed by atoms with E-state index in [0.717, 1.165) is 19.6 Å². The summed E-state index contributed by atoms with van der Waals surface area (Å²) in [4.78, 5) is 4.28. The molecule has 100 valence electrons. The molecule has 1 aliphatic heterocycles. The fourth-order valence-electron chi connectivity index (χ4n) is 2.82. The van der Waals surface area contributed by atoms with Crippen molar-refractivity contribution in [2.75, 3.05) is 13.2 Å². The van der Waals surface area contributed by atoms with Crippen molar-refractivity contribution in [1.82, 2.24) is 10.3 Å². The molecule has 1 N–H and O–H groups in total. The van der Waals surface area contributed by atoms with Crippen LogP contribution in [-0.2, 0) is 4.74 Å². The van der Waals surface area contributed by atoms with Crippen LogP contribution in [0.25, 0.3) is 0 Å². The smallest absolute Gasteiger partial charge is 0.0849 e. The number of hydrogen-bond acceptors (Lipinski definition) is 3. The standard InChI is InChI=1S/C15H24N2O/c1-4-17-14(13-11-16-9-7-12(13)2)15(3)8-5-6-10-18-15/h7,9,11,14,17H,4-6,8,10H2,1-3H3. The molecule has 1 aromatic rings. The zero-order chi connectivity index (χ0) is 13.0. The highest BCUT2D eigenvalue weighted by Gasteiger charge is 2.38. The molecule has 0 aliphatic carbocycles. The Morgan fingerprint density at radius 2 is 2.33 bits per heavy atom. The predicted octanol–water partition coefficient (Wildman–Crippen LogP) is 3.00. The van der Waals surface area contributed by atoms with E-state index in [1.54, 1.807) is 0 Å². The van der Waals surface area contributed by atoms with Crippen LogP contribution in [0.5, 0.6) is 0 Å². The first kappa shape index (κ1) is 13.5. The van der Waals surface area contributed by atoms with Crippen molar-refractivity contribution in [1.29, 1.82) is 0 Å². The van der Waals surface area contributed by atoms with E-state index in [9.17, 15) is 0 Å². The first-order valence-electron chi connectivity index (χ1n) is 6.95. The average Bonchev–Trinajstić information content (AvgIpc) is 2.38. The molecule has 1 aliphatic rings. The van der Waals surface area contributed by atoms with Gasteiger partial charge in [0, 0.05) is 19.0 Å². The van der Waals surface area contributed by atoms with Crippen molar-refractivity contribution in [3.63, 3.8) is 0 Å². The molecular weight excluding hydrogens is 224 g/mol. The van der Waals surface area contributed by atoms with Gasteiger partial charge >= 0.3 is 0 Å². The molecule has 3 nitrogen and oxygen atoms in total. The Balaban J connectivity index is 2.30. The molecule has 0 aromatic carbocycles. The predicted molar refractivity (Wildman–Crippen MR) is 73.6 cm³/mol. The fourth-order valence-corrected chi connectivity index (χ4v) is 2.82. The summed E-state index contributed by atoms with van der Waals surface area (Å²) in [5.74, 6) is 0. The third kappa shape index (κ3) is 2.73. The van der Waals surface area contributed by atoms with Crippen molar-refractivity contribution in [2.24, 2.45) is 0 Å². The van der Waals surface area contributed by atoms with Crippen LogP contribution in [0.2, 0.25) is 0 Å². The lowest BCUT2D eigenvalue weighted by Gasteiger charge is -2.41. The Morgan fingerprint density at radius 1 is 1.50 bits per heavy atom. The molecule has 1 aromatic heterocycles. The number of ether oxygens (including phenoxy) is 1. The van der Waals surface area contributed by atoms with Gasteiger partial charge in [0.2, 0.25) is 0 Å². The van der Waals surface area contributed by atoms with Crippen LogP contribution in [0.3, 0.4) is 0 Å². The molecule has 2 rings (SSSR count). The number of nitrogens with zero attached hydrogens (tertiary/aromatic N) is 1. The fraction of sp³-hybridized carbons (Fsp3) is 0.667. The maximum Gasteiger partial charge on any atom is 0.0849 e. The maximum absolute atomic E-state index is 6.10. The van der Waals surface area contributed by atoms with Gasteiger partial charge in [-0.2, -0.15) is 0 Å². The number of nitrogens with one attached hydrogen (secondary N) is 1. The van der Waals surface area contributed by atoms with Gasteiger partial charge in [0.25, 0.3) is 0 Å². The van der Waals surface area contributed by atoms with Crippen molar-refractivity contribution in [3.05, 3.63) is 29.6 Å². The molecule has 0 bridgehead atoms. The average molecular weight is 248 g/mol. The molecule has 18 heavy (non-hydrogen) atoms. The molecule has 0 spiro atoms. The second-order valence-corrected chi connectivity index (χ2v) is 5.34. The minimum atomic E-state index is -0.109. The van der Waals surface area contributed by atoms with E-state index in [2.05, 4.69) is 37.1 Å². The highest BCUT2D eigenvalue weighted by molar-refractivity contribution is 5.27. The second kappa shape index (κ2) is 5.81. The van der Waals surface area contributed by atoms with Gasteiger partial charge in [-0.15, -0.1) is 0 Å². The van der Waals surface area contributed by atoms with Gasteiger partial charge in [-0.25, -0.2) is 0 Å². The van der Waals surface area contributed by atoms with Gasteiger partial charge in [0.1, 0.15) is 0 Å². The molecule has 1 fully saturated rings. The van der Waals surface area contributed by atoms with Crippen molar-refractivity contribution in [2.45, 2.75) is 51.7 Å². The molecule has 3 heteroatoms. The number of rotatable bonds is 4. The quantitative estimate of drug-likeness (QED) is 0.889. The van der Waals surface area contributed by atoms with E-state index in [1.165, 1.54) is 24.0 Å². The summed E-state index contributed by atoms with van der Waals surface area (Å²) >= 11 is 0. The van der Waals surface area contributed by atoms with Crippen LogP contribution in [0.1, 0.15) is 50.3 Å². The number of pyridine rings is 1. The van der Waals surface area contributed by atoms with E-state index in [4.69, 9.17) is 4.74 Å². The van der Waals surface area contributed by atoms with Gasteiger partial charge < -0.3 is 10.1 Å². The van der Waals surface area contributed by atoms with E-state index in [-0.39, 0.29) is 11.6 Å². The first-order valence-corrected chi connectivity index (χ1v) is 6.95. The summed E-state index contributed by atoms with van der Waals surface area (Å²) in [6.07, 6.45) is 7.37. The molecule has 2 atom stereocenters. The SMILES string of the molecule is CCNC(c1cnccc1C)C1(C)CCCCO1. The molecule has 2 unspecified atom stereocenters. The largest absolute Gasteiger partial charge is 0.373 e. The molecule has 2 heterocycles. The van der Waals surface area contributed by atoms with Crippen molar-refractivity contribution >= 4 is 0 Å². The van der Waals surface area contributed by atoms with Crippen LogP contribution in [0.15, 0.2) is 18.5 Å². The van der Waals surface area contributed by atoms with Gasteiger partial charge in [-0.1, -0.05) is 6.92 Å². The van der Waals surface area contributed by atoms with E-state index >= 15 is 0 Å². The summed E-state index contributed by atoms with van der Waals surface area (Å²) < 4.78 is 6.10. The summed E-state index contributed by atoms with van der Waals surface area (Å²) in [5.41, 5.74) is 2.44. The number of hydrogen-bond donors (Lipinski definition) is 1. The Hall–Kier alpha value is -0.930. The summed E-state index contributed by atoms with van der Waals surface area (Å²) in [6.45, 7) is 8.33. The molecule has 0 saturated carbocycles. The highest BCUT2D eigenvalue weighted by atomic mass is 16.5. The normalized spacial score (nSPS) is 25.9. The zero-order valence-electron chi connectivity index (χ0n) is 11.7. The molecular formula is C15H24N2O. The van der Waals surface area contributed by atoms with Crippen LogP contribution in [0.4, 0.5) is 0 Å². The lowest BCUT2D eigenvalue weighted by molar-refractivity contribution is -0.0897. The number of aromatic nitrogens is 1. The minimum absolute atomic E-state index is 0.109. The lowest BCUT2D eigenvalue weighted by Crippen LogP contribution is -2.46. The first-order chi connectivity index (χ1) is 8.67. The van der Waals surface area contributed by atoms with Crippen LogP contribution in [0, 0.1) is 6.92 Å². The van der Waals surface area contributed by atoms with Crippen LogP contribution < -0.4 is 5.32 Å². The molecule has 0 amide bonds. The summed E-state index contributed by atoms with van der Waals surface area (Å²) in [5, 5.41) is 3.58. The third-order valence-corrected chi connectivity index (χ3v) is 3.91. The second-order valence-electron chi connectivity index (χ2n) is 5.34. The van der Waals surface area contributed by atoms with E-state index in [0.29, 0.717) is 0 Å². The Morgan fingerprint density at radius 3 is 2.94 bits per heavy atom. The maximum atomic E-state index is 6.10. The third-order valence-electron chi connectivity index (χ3n) is 3.91. The Bertz CT molecular complexity index is 386. The van der Waals surface area contributed by atoms with Gasteiger partial charge in [-0.05, 0) is 56.8 Å². The molecule has 1 saturated heterocycles. The zero-order valence-corrected chi connectivity index (χ0v) is 11.7.